The van der Waals surface area contributed by atoms with Crippen molar-refractivity contribution in [1.82, 2.24) is 10.3 Å². The van der Waals surface area contributed by atoms with Crippen LogP contribution in [-0.2, 0) is 0 Å². The molecule has 3 nitrogen and oxygen atoms in total. The van der Waals surface area contributed by atoms with Gasteiger partial charge in [0, 0.05) is 22.0 Å². The lowest BCUT2D eigenvalue weighted by Crippen LogP contribution is -2.22. The third-order valence-electron chi connectivity index (χ3n) is 4.72. The number of aromatic amines is 1. The van der Waals surface area contributed by atoms with Crippen molar-refractivity contribution in [2.45, 2.75) is 34.1 Å². The van der Waals surface area contributed by atoms with Crippen LogP contribution in [-0.4, -0.2) is 10.9 Å². The number of hydrogen-bond acceptors (Lipinski definition) is 1. The first-order chi connectivity index (χ1) is 13.4. The fourth-order valence-electron chi connectivity index (χ4n) is 2.71. The zero-order valence-corrected chi connectivity index (χ0v) is 17.3. The maximum absolute atomic E-state index is 12.5. The van der Waals surface area contributed by atoms with Gasteiger partial charge < -0.3 is 10.3 Å². The van der Waals surface area contributed by atoms with Crippen molar-refractivity contribution in [2.75, 3.05) is 0 Å². The molecule has 28 heavy (non-hydrogen) atoms. The van der Waals surface area contributed by atoms with E-state index in [4.69, 9.17) is 0 Å². The lowest BCUT2D eigenvalue weighted by Gasteiger charge is -2.10. The Bertz CT molecular complexity index is 979. The third kappa shape index (κ3) is 5.01. The van der Waals surface area contributed by atoms with Crippen LogP contribution in [0, 0.1) is 12.8 Å². The molecule has 0 bridgehead atoms. The van der Waals surface area contributed by atoms with E-state index in [0.29, 0.717) is 11.3 Å². The third-order valence-corrected chi connectivity index (χ3v) is 4.72. The molecular formula is C25H30N2O. The van der Waals surface area contributed by atoms with Crippen LogP contribution in [0.4, 0.5) is 0 Å². The van der Waals surface area contributed by atoms with Crippen LogP contribution < -0.4 is 5.32 Å². The number of aromatic nitrogens is 1. The Morgan fingerprint density at radius 2 is 1.75 bits per heavy atom. The topological polar surface area (TPSA) is 44.9 Å². The number of nitrogens with one attached hydrogen (secondary N) is 2. The smallest absolute Gasteiger partial charge is 0.255 e. The van der Waals surface area contributed by atoms with Crippen LogP contribution in [0.2, 0.25) is 0 Å². The van der Waals surface area contributed by atoms with Gasteiger partial charge in [0.25, 0.3) is 5.91 Å². The number of amides is 1. The van der Waals surface area contributed by atoms with Crippen LogP contribution in [0.3, 0.4) is 0 Å². The molecule has 2 N–H and O–H groups in total. The molecule has 0 unspecified atom stereocenters. The summed E-state index contributed by atoms with van der Waals surface area (Å²) in [4.78, 5) is 15.8. The normalized spacial score (nSPS) is 10.3. The van der Waals surface area contributed by atoms with Crippen molar-refractivity contribution in [3.8, 4) is 0 Å². The predicted molar refractivity (Wildman–Crippen MR) is 121 cm³/mol. The molecule has 0 saturated carbocycles. The Morgan fingerprint density at radius 1 is 1.14 bits per heavy atom. The highest BCUT2D eigenvalue weighted by atomic mass is 16.1. The SMILES string of the molecule is C=Cc1c(C(=C)NC(=O)c2ccccc2C)[nH]c2ccccc12.CCC(C)C. The second-order valence-electron chi connectivity index (χ2n) is 7.21. The van der Waals surface area contributed by atoms with E-state index >= 15 is 0 Å². The molecule has 3 rings (SSSR count). The van der Waals surface area contributed by atoms with Gasteiger partial charge in [-0.05, 0) is 30.5 Å². The number of hydrogen-bond donors (Lipinski definition) is 2. The van der Waals surface area contributed by atoms with E-state index < -0.39 is 0 Å². The first kappa shape index (κ1) is 21.2. The molecule has 2 aromatic carbocycles. The standard InChI is InChI=1S/C20H18N2O.C5H12/c1-4-15-17-11-7-8-12-18(17)22-19(15)14(3)21-20(23)16-10-6-5-9-13(16)2;1-4-5(2)3/h4-12,22H,1,3H2,2H3,(H,21,23);5H,4H2,1-3H3. The number of H-pyrrole nitrogens is 1. The summed E-state index contributed by atoms with van der Waals surface area (Å²) in [6.07, 6.45) is 3.08. The van der Waals surface area contributed by atoms with Crippen molar-refractivity contribution in [1.29, 1.82) is 0 Å². The molecule has 0 saturated heterocycles. The average Bonchev–Trinajstić information content (AvgIpc) is 3.07. The second kappa shape index (κ2) is 9.75. The van der Waals surface area contributed by atoms with Gasteiger partial charge in [-0.25, -0.2) is 0 Å². The minimum atomic E-state index is -0.165. The Morgan fingerprint density at radius 3 is 2.36 bits per heavy atom. The van der Waals surface area contributed by atoms with Crippen LogP contribution in [0.25, 0.3) is 22.7 Å². The lowest BCUT2D eigenvalue weighted by molar-refractivity contribution is 0.0973. The van der Waals surface area contributed by atoms with E-state index in [9.17, 15) is 4.79 Å². The number of carbonyl (C=O) groups excluding carboxylic acids is 1. The van der Waals surface area contributed by atoms with E-state index in [0.717, 1.165) is 33.6 Å². The van der Waals surface area contributed by atoms with Gasteiger partial charge in [-0.2, -0.15) is 0 Å². The van der Waals surface area contributed by atoms with E-state index in [1.54, 1.807) is 12.1 Å². The summed E-state index contributed by atoms with van der Waals surface area (Å²) in [5.74, 6) is 0.719. The van der Waals surface area contributed by atoms with E-state index in [2.05, 4.69) is 44.2 Å². The van der Waals surface area contributed by atoms with Crippen LogP contribution in [0.1, 0.15) is 54.4 Å². The highest BCUT2D eigenvalue weighted by Crippen LogP contribution is 2.26. The lowest BCUT2D eigenvalue weighted by atomic mass is 10.1. The summed E-state index contributed by atoms with van der Waals surface area (Å²) >= 11 is 0. The van der Waals surface area contributed by atoms with Crippen molar-refractivity contribution in [3.05, 3.63) is 84.1 Å². The summed E-state index contributed by atoms with van der Waals surface area (Å²) in [5, 5.41) is 3.94. The molecule has 0 aliphatic rings. The maximum atomic E-state index is 12.5. The van der Waals surface area contributed by atoms with Gasteiger partial charge in [0.2, 0.25) is 0 Å². The molecule has 0 radical (unpaired) electrons. The van der Waals surface area contributed by atoms with Crippen molar-refractivity contribution < 1.29 is 4.79 Å². The van der Waals surface area contributed by atoms with Gasteiger partial charge in [-0.1, -0.05) is 82.8 Å². The summed E-state index contributed by atoms with van der Waals surface area (Å²) in [7, 11) is 0. The number of carbonyl (C=O) groups is 1. The fourth-order valence-corrected chi connectivity index (χ4v) is 2.71. The first-order valence-corrected chi connectivity index (χ1v) is 9.68. The number of para-hydroxylation sites is 1. The van der Waals surface area contributed by atoms with Crippen molar-refractivity contribution >= 4 is 28.6 Å². The predicted octanol–water partition coefficient (Wildman–Crippen LogP) is 6.57. The minimum Gasteiger partial charge on any atom is -0.353 e. The average molecular weight is 375 g/mol. The maximum Gasteiger partial charge on any atom is 0.255 e. The van der Waals surface area contributed by atoms with Gasteiger partial charge in [0.05, 0.1) is 11.4 Å². The van der Waals surface area contributed by atoms with Gasteiger partial charge >= 0.3 is 0 Å². The van der Waals surface area contributed by atoms with Gasteiger partial charge in [0.1, 0.15) is 0 Å². The molecule has 1 amide bonds. The molecule has 0 aliphatic heterocycles. The van der Waals surface area contributed by atoms with Gasteiger partial charge in [-0.15, -0.1) is 0 Å². The molecule has 0 spiro atoms. The molecule has 146 valence electrons. The Labute approximate surface area is 168 Å². The molecule has 1 aromatic heterocycles. The van der Waals surface area contributed by atoms with Crippen molar-refractivity contribution in [2.24, 2.45) is 5.92 Å². The highest BCUT2D eigenvalue weighted by molar-refractivity contribution is 6.02. The number of rotatable bonds is 5. The summed E-state index contributed by atoms with van der Waals surface area (Å²) in [5.41, 5.74) is 4.81. The summed E-state index contributed by atoms with van der Waals surface area (Å²) in [6, 6.07) is 15.4. The zero-order chi connectivity index (χ0) is 20.7. The summed E-state index contributed by atoms with van der Waals surface area (Å²) in [6.45, 7) is 16.4. The Balaban J connectivity index is 0.000000500. The Kier molecular flexibility index (Phi) is 7.39. The quantitative estimate of drug-likeness (QED) is 0.521. The molecular weight excluding hydrogens is 344 g/mol. The Hall–Kier alpha value is -3.07. The zero-order valence-electron chi connectivity index (χ0n) is 17.3. The number of aryl methyl sites for hydroxylation is 1. The molecule has 0 atom stereocenters. The largest absolute Gasteiger partial charge is 0.353 e. The molecule has 3 heteroatoms. The van der Waals surface area contributed by atoms with Crippen LogP contribution >= 0.6 is 0 Å². The van der Waals surface area contributed by atoms with Gasteiger partial charge in [0.15, 0.2) is 0 Å². The highest BCUT2D eigenvalue weighted by Gasteiger charge is 2.15. The molecule has 3 aromatic rings. The molecule has 0 fully saturated rings. The van der Waals surface area contributed by atoms with E-state index in [-0.39, 0.29) is 5.91 Å². The number of benzene rings is 2. The fraction of sp³-hybridized carbons (Fsp3) is 0.240. The number of fused-ring (bicyclic) bond motifs is 1. The van der Waals surface area contributed by atoms with Crippen LogP contribution in [0.15, 0.2) is 61.7 Å². The van der Waals surface area contributed by atoms with E-state index in [1.165, 1.54) is 6.42 Å². The molecule has 0 aliphatic carbocycles. The van der Waals surface area contributed by atoms with Gasteiger partial charge in [-0.3, -0.25) is 4.79 Å². The van der Waals surface area contributed by atoms with Crippen LogP contribution in [0.5, 0.6) is 0 Å². The van der Waals surface area contributed by atoms with E-state index in [1.807, 2.05) is 49.4 Å². The minimum absolute atomic E-state index is 0.165. The first-order valence-electron chi connectivity index (χ1n) is 9.68. The molecule has 1 heterocycles. The van der Waals surface area contributed by atoms with Crippen molar-refractivity contribution in [3.63, 3.8) is 0 Å². The monoisotopic (exact) mass is 374 g/mol. The summed E-state index contributed by atoms with van der Waals surface area (Å²) < 4.78 is 0. The second-order valence-corrected chi connectivity index (χ2v) is 7.21.